The lowest BCUT2D eigenvalue weighted by atomic mass is 10.2. The summed E-state index contributed by atoms with van der Waals surface area (Å²) < 4.78 is 1.06. The van der Waals surface area contributed by atoms with E-state index in [0.29, 0.717) is 0 Å². The van der Waals surface area contributed by atoms with Crippen LogP contribution in [0.5, 0.6) is 0 Å². The first-order valence-corrected chi connectivity index (χ1v) is 9.61. The molecule has 1 amide bonds. The highest BCUT2D eigenvalue weighted by Gasteiger charge is 2.11. The lowest BCUT2D eigenvalue weighted by Gasteiger charge is -2.05. The number of rotatable bonds is 6. The summed E-state index contributed by atoms with van der Waals surface area (Å²) in [7, 11) is 0. The second-order valence-corrected chi connectivity index (χ2v) is 7.53. The normalized spacial score (nSPS) is 11.5. The first-order valence-electron chi connectivity index (χ1n) is 7.81. The number of nitrogens with zero attached hydrogens (tertiary/aromatic N) is 1. The molecule has 26 heavy (non-hydrogen) atoms. The van der Waals surface area contributed by atoms with E-state index in [0.717, 1.165) is 31.4 Å². The van der Waals surface area contributed by atoms with Gasteiger partial charge in [0.25, 0.3) is 0 Å². The molecule has 0 saturated heterocycles. The molecule has 0 aliphatic rings. The molecule has 1 heterocycles. The maximum absolute atomic E-state index is 11.1. The van der Waals surface area contributed by atoms with E-state index < -0.39 is 5.97 Å². The van der Waals surface area contributed by atoms with E-state index in [1.54, 1.807) is 0 Å². The van der Waals surface area contributed by atoms with Crippen LogP contribution in [0.3, 0.4) is 0 Å². The van der Waals surface area contributed by atoms with Crippen molar-refractivity contribution in [1.29, 1.82) is 0 Å². The van der Waals surface area contributed by atoms with E-state index in [1.807, 2.05) is 54.6 Å². The summed E-state index contributed by atoms with van der Waals surface area (Å²) in [5.41, 5.74) is 2.52. The summed E-state index contributed by atoms with van der Waals surface area (Å²) in [6.07, 6.45) is 1.92. The second-order valence-electron chi connectivity index (χ2n) is 5.48. The number of hydrogen-bond acceptors (Lipinski definition) is 5. The van der Waals surface area contributed by atoms with Crippen LogP contribution < -0.4 is 5.32 Å². The number of aromatic nitrogens is 1. The van der Waals surface area contributed by atoms with Gasteiger partial charge in [0.05, 0.1) is 16.0 Å². The van der Waals surface area contributed by atoms with Crippen LogP contribution in [-0.4, -0.2) is 27.7 Å². The topological polar surface area (TPSA) is 79.3 Å². The number of carboxylic acids is 1. The van der Waals surface area contributed by atoms with Crippen molar-refractivity contribution in [3.63, 3.8) is 0 Å². The van der Waals surface area contributed by atoms with Crippen molar-refractivity contribution in [2.75, 3.05) is 11.1 Å². The molecule has 0 atom stereocenters. The van der Waals surface area contributed by atoms with Crippen molar-refractivity contribution in [3.05, 3.63) is 59.1 Å². The molecule has 7 heteroatoms. The molecule has 0 radical (unpaired) electrons. The number of anilines is 1. The van der Waals surface area contributed by atoms with Crippen molar-refractivity contribution >= 4 is 61.9 Å². The van der Waals surface area contributed by atoms with E-state index in [2.05, 4.69) is 10.3 Å². The molecule has 0 unspecified atom stereocenters. The molecule has 0 saturated carbocycles. The Balaban J connectivity index is 1.93. The number of carbonyl (C=O) groups is 2. The van der Waals surface area contributed by atoms with Crippen LogP contribution >= 0.6 is 23.1 Å². The van der Waals surface area contributed by atoms with Gasteiger partial charge in [-0.25, -0.2) is 4.98 Å². The van der Waals surface area contributed by atoms with E-state index in [-0.39, 0.29) is 11.7 Å². The lowest BCUT2D eigenvalue weighted by molar-refractivity contribution is -0.133. The Morgan fingerprint density at radius 2 is 1.92 bits per heavy atom. The second kappa shape index (κ2) is 8.16. The zero-order chi connectivity index (χ0) is 18.5. The highest BCUT2D eigenvalue weighted by molar-refractivity contribution is 8.09. The van der Waals surface area contributed by atoms with Crippen molar-refractivity contribution in [2.24, 2.45) is 0 Å². The number of hydrogen-bond donors (Lipinski definition) is 2. The number of aliphatic carboxylic acids is 1. The highest BCUT2D eigenvalue weighted by Crippen LogP contribution is 2.35. The number of carbonyl (C=O) groups excluding carboxylic acids is 1. The fourth-order valence-corrected chi connectivity index (χ4v) is 4.15. The molecular formula is C19H16N2O3S2. The summed E-state index contributed by atoms with van der Waals surface area (Å²) in [6, 6.07) is 15.2. The minimum Gasteiger partial charge on any atom is -0.481 e. The van der Waals surface area contributed by atoms with Crippen LogP contribution in [0.15, 0.2) is 48.5 Å². The van der Waals surface area contributed by atoms with Crippen LogP contribution in [0.2, 0.25) is 0 Å². The number of amides is 1. The van der Waals surface area contributed by atoms with E-state index in [9.17, 15) is 9.59 Å². The Labute approximate surface area is 158 Å². The number of fused-ring (bicyclic) bond motifs is 1. The van der Waals surface area contributed by atoms with Gasteiger partial charge in [0.15, 0.2) is 0 Å². The summed E-state index contributed by atoms with van der Waals surface area (Å²) in [5, 5.41) is 12.5. The zero-order valence-electron chi connectivity index (χ0n) is 13.9. The maximum Gasteiger partial charge on any atom is 0.313 e. The molecule has 3 rings (SSSR count). The highest BCUT2D eigenvalue weighted by atomic mass is 32.2. The molecule has 2 aromatic carbocycles. The zero-order valence-corrected chi connectivity index (χ0v) is 15.6. The number of carboxylic acid groups (broad SMARTS) is 1. The van der Waals surface area contributed by atoms with Crippen LogP contribution in [0, 0.1) is 0 Å². The largest absolute Gasteiger partial charge is 0.481 e. The summed E-state index contributed by atoms with van der Waals surface area (Å²) in [4.78, 5) is 27.5. The number of nitrogens with one attached hydrogen (secondary N) is 1. The standard InChI is InChI=1S/C19H16N2O3S2/c1-12(22)20-14-8-6-13(7-9-14)10-17(25-11-18(23)24)19-21-15-4-2-3-5-16(15)26-19/h2-10H,11H2,1H3,(H,20,22)(H,23,24)/b17-10-. The number of benzene rings is 2. The van der Waals surface area contributed by atoms with E-state index in [4.69, 9.17) is 5.11 Å². The van der Waals surface area contributed by atoms with Crippen LogP contribution in [-0.2, 0) is 9.59 Å². The van der Waals surface area contributed by atoms with Gasteiger partial charge in [-0.2, -0.15) is 0 Å². The quantitative estimate of drug-likeness (QED) is 0.651. The molecule has 3 aromatic rings. The molecule has 0 spiro atoms. The molecule has 0 aliphatic carbocycles. The van der Waals surface area contributed by atoms with Gasteiger partial charge in [0.1, 0.15) is 5.01 Å². The Morgan fingerprint density at radius 3 is 2.58 bits per heavy atom. The molecule has 132 valence electrons. The average molecular weight is 384 g/mol. The van der Waals surface area contributed by atoms with E-state index >= 15 is 0 Å². The number of thioether (sulfide) groups is 1. The smallest absolute Gasteiger partial charge is 0.313 e. The third-order valence-electron chi connectivity index (χ3n) is 3.38. The molecular weight excluding hydrogens is 368 g/mol. The van der Waals surface area contributed by atoms with Crippen molar-refractivity contribution in [1.82, 2.24) is 4.98 Å². The molecule has 0 bridgehead atoms. The Hall–Kier alpha value is -2.64. The van der Waals surface area contributed by atoms with Crippen LogP contribution in [0.4, 0.5) is 5.69 Å². The van der Waals surface area contributed by atoms with Gasteiger partial charge >= 0.3 is 5.97 Å². The maximum atomic E-state index is 11.1. The van der Waals surface area contributed by atoms with Gasteiger partial charge in [-0.3, -0.25) is 9.59 Å². The van der Waals surface area contributed by atoms with Gasteiger partial charge in [0, 0.05) is 17.5 Å². The van der Waals surface area contributed by atoms with Gasteiger partial charge < -0.3 is 10.4 Å². The predicted molar refractivity (Wildman–Crippen MR) is 108 cm³/mol. The summed E-state index contributed by atoms with van der Waals surface area (Å²) >= 11 is 2.79. The Kier molecular flexibility index (Phi) is 5.70. The molecule has 1 aromatic heterocycles. The van der Waals surface area contributed by atoms with Gasteiger partial charge in [0.2, 0.25) is 5.91 Å². The van der Waals surface area contributed by atoms with Gasteiger partial charge in [-0.15, -0.1) is 23.1 Å². The summed E-state index contributed by atoms with van der Waals surface area (Å²) in [6.45, 7) is 1.46. The van der Waals surface area contributed by atoms with Crippen molar-refractivity contribution in [2.45, 2.75) is 6.92 Å². The molecule has 5 nitrogen and oxygen atoms in total. The van der Waals surface area contributed by atoms with Crippen LogP contribution in [0.1, 0.15) is 17.5 Å². The Morgan fingerprint density at radius 1 is 1.19 bits per heavy atom. The fourth-order valence-electron chi connectivity index (χ4n) is 2.30. The third-order valence-corrected chi connectivity index (χ3v) is 5.60. The minimum absolute atomic E-state index is 0.0360. The number of thiazole rings is 1. The first kappa shape index (κ1) is 18.2. The molecule has 0 fully saturated rings. The predicted octanol–water partition coefficient (Wildman–Crippen LogP) is 4.57. The van der Waals surface area contributed by atoms with Gasteiger partial charge in [-0.1, -0.05) is 24.3 Å². The number of para-hydroxylation sites is 1. The Bertz CT molecular complexity index is 945. The minimum atomic E-state index is -0.872. The lowest BCUT2D eigenvalue weighted by Crippen LogP contribution is -2.05. The van der Waals surface area contributed by atoms with E-state index in [1.165, 1.54) is 30.0 Å². The molecule has 2 N–H and O–H groups in total. The third kappa shape index (κ3) is 4.71. The fraction of sp³-hybridized carbons (Fsp3) is 0.105. The summed E-state index contributed by atoms with van der Waals surface area (Å²) in [5.74, 6) is -1.03. The average Bonchev–Trinajstić information content (AvgIpc) is 3.03. The SMILES string of the molecule is CC(=O)Nc1ccc(/C=C(\SCC(=O)O)c2nc3ccccc3s2)cc1. The van der Waals surface area contributed by atoms with Gasteiger partial charge in [-0.05, 0) is 35.9 Å². The monoisotopic (exact) mass is 384 g/mol. The molecule has 0 aliphatic heterocycles. The first-order chi connectivity index (χ1) is 12.5. The van der Waals surface area contributed by atoms with Crippen LogP contribution in [0.25, 0.3) is 21.2 Å². The van der Waals surface area contributed by atoms with Crippen molar-refractivity contribution in [3.8, 4) is 0 Å². The van der Waals surface area contributed by atoms with Crippen molar-refractivity contribution < 1.29 is 14.7 Å².